The quantitative estimate of drug-likeness (QED) is 0.0902. The molecule has 3 aromatic carbocycles. The van der Waals surface area contributed by atoms with E-state index < -0.39 is 11.9 Å². The van der Waals surface area contributed by atoms with Gasteiger partial charge in [-0.15, -0.1) is 0 Å². The minimum absolute atomic E-state index is 0.334. The number of nitrogens with zero attached hydrogens (tertiary/aromatic N) is 2. The number of anilines is 1. The first-order chi connectivity index (χ1) is 19.9. The molecule has 0 saturated heterocycles. The summed E-state index contributed by atoms with van der Waals surface area (Å²) in [5.41, 5.74) is 1.94. The molecule has 212 valence electrons. The van der Waals surface area contributed by atoms with Crippen LogP contribution < -0.4 is 28.4 Å². The first-order valence-electron chi connectivity index (χ1n) is 13.6. The van der Waals surface area contributed by atoms with Gasteiger partial charge in [-0.3, -0.25) is 0 Å². The van der Waals surface area contributed by atoms with E-state index in [1.54, 1.807) is 72.8 Å². The van der Waals surface area contributed by atoms with E-state index in [9.17, 15) is 9.59 Å². The van der Waals surface area contributed by atoms with Crippen LogP contribution in [0.2, 0.25) is 0 Å². The van der Waals surface area contributed by atoms with Crippen LogP contribution >= 0.6 is 0 Å². The zero-order chi connectivity index (χ0) is 29.0. The van der Waals surface area contributed by atoms with E-state index in [-0.39, 0.29) is 0 Å². The van der Waals surface area contributed by atoms with E-state index in [0.717, 1.165) is 18.5 Å². The number of carbonyl (C=O) groups is 2. The average molecular weight is 556 g/mol. The molecule has 0 aliphatic rings. The lowest BCUT2D eigenvalue weighted by Crippen LogP contribution is -2.35. The average Bonchev–Trinajstić information content (AvgIpc) is 2.99. The van der Waals surface area contributed by atoms with Gasteiger partial charge >= 0.3 is 11.9 Å². The minimum atomic E-state index is -0.501. The lowest BCUT2D eigenvalue weighted by molar-refractivity contribution is -0.697. The number of ether oxygens (including phenoxy) is 4. The predicted octanol–water partition coefficient (Wildman–Crippen LogP) is 5.74. The molecule has 8 nitrogen and oxygen atoms in total. The van der Waals surface area contributed by atoms with Crippen LogP contribution in [0.4, 0.5) is 5.69 Å². The number of hydrogen-bond acceptors (Lipinski definition) is 7. The summed E-state index contributed by atoms with van der Waals surface area (Å²) in [4.78, 5) is 27.1. The molecule has 4 aromatic rings. The number of aromatic nitrogens is 1. The summed E-state index contributed by atoms with van der Waals surface area (Å²) in [5.74, 6) is 1.06. The maximum atomic E-state index is 12.6. The van der Waals surface area contributed by atoms with Crippen LogP contribution in [-0.2, 0) is 6.54 Å². The third-order valence-corrected chi connectivity index (χ3v) is 6.20. The van der Waals surface area contributed by atoms with E-state index >= 15 is 0 Å². The largest absolute Gasteiger partial charge is 0.494 e. The molecule has 0 amide bonds. The first-order valence-corrected chi connectivity index (χ1v) is 13.6. The third kappa shape index (κ3) is 8.83. The summed E-state index contributed by atoms with van der Waals surface area (Å²) >= 11 is 0. The fourth-order valence-electron chi connectivity index (χ4n) is 3.78. The van der Waals surface area contributed by atoms with Crippen molar-refractivity contribution in [3.63, 3.8) is 0 Å². The van der Waals surface area contributed by atoms with Crippen molar-refractivity contribution in [2.75, 3.05) is 32.2 Å². The zero-order valence-electron chi connectivity index (χ0n) is 23.6. The number of benzene rings is 3. The molecule has 1 aromatic heterocycles. The van der Waals surface area contributed by atoms with Crippen LogP contribution in [0.5, 0.6) is 23.0 Å². The van der Waals surface area contributed by atoms with Crippen molar-refractivity contribution in [2.45, 2.75) is 26.3 Å². The number of rotatable bonds is 13. The Bertz CT molecular complexity index is 1400. The van der Waals surface area contributed by atoms with Gasteiger partial charge in [0, 0.05) is 31.9 Å². The summed E-state index contributed by atoms with van der Waals surface area (Å²) in [6.45, 7) is 3.93. The smallest absolute Gasteiger partial charge is 0.343 e. The van der Waals surface area contributed by atoms with Crippen LogP contribution in [0, 0.1) is 0 Å². The summed E-state index contributed by atoms with van der Waals surface area (Å²) < 4.78 is 24.4. The minimum Gasteiger partial charge on any atom is -0.494 e. The van der Waals surface area contributed by atoms with Crippen molar-refractivity contribution in [3.8, 4) is 23.0 Å². The Balaban J connectivity index is 1.22. The second-order valence-corrected chi connectivity index (χ2v) is 9.54. The number of esters is 2. The topological polar surface area (TPSA) is 78.2 Å². The van der Waals surface area contributed by atoms with Gasteiger partial charge in [-0.05, 0) is 79.2 Å². The lowest BCUT2D eigenvalue weighted by Gasteiger charge is -2.10. The van der Waals surface area contributed by atoms with E-state index in [4.69, 9.17) is 18.9 Å². The lowest BCUT2D eigenvalue weighted by atomic mass is 10.2. The van der Waals surface area contributed by atoms with E-state index in [1.807, 2.05) is 48.1 Å². The summed E-state index contributed by atoms with van der Waals surface area (Å²) in [6, 6.07) is 24.0. The highest BCUT2D eigenvalue weighted by Gasteiger charge is 2.12. The Labute approximate surface area is 240 Å². The zero-order valence-corrected chi connectivity index (χ0v) is 23.6. The van der Waals surface area contributed by atoms with Gasteiger partial charge in [0.05, 0.1) is 17.7 Å². The molecule has 0 spiro atoms. The monoisotopic (exact) mass is 555 g/mol. The maximum absolute atomic E-state index is 12.6. The molecule has 0 fully saturated rings. The molecule has 0 saturated carbocycles. The van der Waals surface area contributed by atoms with E-state index in [0.29, 0.717) is 53.9 Å². The molecule has 0 aliphatic carbocycles. The van der Waals surface area contributed by atoms with E-state index in [2.05, 4.69) is 6.92 Å². The first kappa shape index (κ1) is 29.1. The molecular formula is C33H35N2O6+. The van der Waals surface area contributed by atoms with Gasteiger partial charge in [0.1, 0.15) is 29.6 Å². The second kappa shape index (κ2) is 14.5. The summed E-state index contributed by atoms with van der Waals surface area (Å²) in [6.07, 6.45) is 6.05. The van der Waals surface area contributed by atoms with Crippen molar-refractivity contribution in [1.82, 2.24) is 0 Å². The van der Waals surface area contributed by atoms with Crippen LogP contribution in [0.25, 0.3) is 0 Å². The summed E-state index contributed by atoms with van der Waals surface area (Å²) in [5, 5.41) is 0. The summed E-state index contributed by atoms with van der Waals surface area (Å²) in [7, 11) is 4.01. The molecule has 4 rings (SSSR count). The number of hydrogen-bond donors (Lipinski definition) is 0. The SMILES string of the molecule is CCCCOc1ccc(C(=O)Oc2ccc(OC(=O)c3ccc(OCC[n+]4ccc(N(C)C)cc4)cc3)cc2)cc1. The van der Waals surface area contributed by atoms with Crippen molar-refractivity contribution in [3.05, 3.63) is 108 Å². The highest BCUT2D eigenvalue weighted by atomic mass is 16.5. The fourth-order valence-corrected chi connectivity index (χ4v) is 3.78. The third-order valence-electron chi connectivity index (χ3n) is 6.20. The Kier molecular flexibility index (Phi) is 10.3. The van der Waals surface area contributed by atoms with Gasteiger partial charge < -0.3 is 23.8 Å². The standard InChI is InChI=1S/C33H35N2O6/c1-4-5-23-38-28-10-6-25(7-11-28)32(36)40-30-14-16-31(17-15-30)41-33(37)26-8-12-29(13-9-26)39-24-22-35-20-18-27(19-21-35)34(2)3/h6-21H,4-5,22-24H2,1-3H3/q+1. The van der Waals surface area contributed by atoms with Gasteiger partial charge in [-0.1, -0.05) is 13.3 Å². The number of unbranched alkanes of at least 4 members (excludes halogenated alkanes) is 1. The van der Waals surface area contributed by atoms with Crippen molar-refractivity contribution < 1.29 is 33.1 Å². The molecule has 0 bridgehead atoms. The van der Waals surface area contributed by atoms with Crippen molar-refractivity contribution in [2.24, 2.45) is 0 Å². The molecule has 0 unspecified atom stereocenters. The fraction of sp³-hybridized carbons (Fsp3) is 0.242. The van der Waals surface area contributed by atoms with Gasteiger partial charge in [-0.2, -0.15) is 0 Å². The number of pyridine rings is 1. The molecule has 8 heteroatoms. The van der Waals surface area contributed by atoms with Crippen LogP contribution in [0.1, 0.15) is 40.5 Å². The molecule has 0 N–H and O–H groups in total. The van der Waals surface area contributed by atoms with Crippen molar-refractivity contribution >= 4 is 17.6 Å². The van der Waals surface area contributed by atoms with Crippen molar-refractivity contribution in [1.29, 1.82) is 0 Å². The number of carbonyl (C=O) groups excluding carboxylic acids is 2. The highest BCUT2D eigenvalue weighted by Crippen LogP contribution is 2.21. The van der Waals surface area contributed by atoms with Crippen LogP contribution in [0.3, 0.4) is 0 Å². The Morgan fingerprint density at radius 2 is 1.07 bits per heavy atom. The molecule has 0 radical (unpaired) electrons. The molecule has 0 atom stereocenters. The molecular weight excluding hydrogens is 520 g/mol. The van der Waals surface area contributed by atoms with Gasteiger partial charge in [0.2, 0.25) is 0 Å². The van der Waals surface area contributed by atoms with Crippen LogP contribution in [-0.4, -0.2) is 39.2 Å². The molecule has 41 heavy (non-hydrogen) atoms. The van der Waals surface area contributed by atoms with E-state index in [1.165, 1.54) is 0 Å². The van der Waals surface area contributed by atoms with Gasteiger partial charge in [-0.25, -0.2) is 14.2 Å². The normalized spacial score (nSPS) is 10.5. The maximum Gasteiger partial charge on any atom is 0.343 e. The Morgan fingerprint density at radius 3 is 1.51 bits per heavy atom. The van der Waals surface area contributed by atoms with Gasteiger partial charge in [0.15, 0.2) is 18.9 Å². The highest BCUT2D eigenvalue weighted by molar-refractivity contribution is 5.92. The molecule has 0 aliphatic heterocycles. The van der Waals surface area contributed by atoms with Gasteiger partial charge in [0.25, 0.3) is 0 Å². The Hall–Kier alpha value is -4.85. The predicted molar refractivity (Wildman–Crippen MR) is 156 cm³/mol. The van der Waals surface area contributed by atoms with Crippen LogP contribution in [0.15, 0.2) is 97.3 Å². The second-order valence-electron chi connectivity index (χ2n) is 9.54. The molecule has 1 heterocycles. The Morgan fingerprint density at radius 1 is 0.634 bits per heavy atom.